The highest BCUT2D eigenvalue weighted by atomic mass is 32.1. The Labute approximate surface area is 196 Å². The van der Waals surface area contributed by atoms with Gasteiger partial charge in [-0.2, -0.15) is 0 Å². The Hall–Kier alpha value is -4.31. The van der Waals surface area contributed by atoms with Gasteiger partial charge < -0.3 is 25.4 Å². The Morgan fingerprint density at radius 1 is 0.941 bits per heavy atom. The van der Waals surface area contributed by atoms with Crippen LogP contribution in [0, 0.1) is 0 Å². The fraction of sp³-hybridized carbons (Fsp3) is 0.125. The molecule has 10 heteroatoms. The highest BCUT2D eigenvalue weighted by Crippen LogP contribution is 2.38. The van der Waals surface area contributed by atoms with Crippen LogP contribution in [0.15, 0.2) is 58.9 Å². The number of aromatic hydroxyl groups is 2. The number of phenolic OH excluding ortho intramolecular Hbond substituents is 2. The summed E-state index contributed by atoms with van der Waals surface area (Å²) in [6, 6.07) is 12.1. The first-order valence-electron chi connectivity index (χ1n) is 9.99. The third-order valence-corrected chi connectivity index (χ3v) is 6.48. The molecule has 3 aromatic rings. The van der Waals surface area contributed by atoms with Crippen molar-refractivity contribution >= 4 is 40.7 Å². The molecule has 4 rings (SSSR count). The first-order chi connectivity index (χ1) is 16.3. The van der Waals surface area contributed by atoms with E-state index >= 15 is 0 Å². The van der Waals surface area contributed by atoms with Gasteiger partial charge in [0, 0.05) is 0 Å². The van der Waals surface area contributed by atoms with E-state index in [4.69, 9.17) is 15.2 Å². The molecule has 34 heavy (non-hydrogen) atoms. The number of ether oxygens (including phenoxy) is 2. The minimum atomic E-state index is -1.000. The van der Waals surface area contributed by atoms with Gasteiger partial charge in [0.05, 0.1) is 35.8 Å². The number of nitrogens with zero attached hydrogens (tertiary/aromatic N) is 1. The molecule has 0 saturated carbocycles. The van der Waals surface area contributed by atoms with Crippen LogP contribution in [0.5, 0.6) is 11.5 Å². The van der Waals surface area contributed by atoms with E-state index in [2.05, 4.69) is 0 Å². The number of carbonyl (C=O) groups is 2. The summed E-state index contributed by atoms with van der Waals surface area (Å²) in [5.74, 6) is -2.66. The van der Waals surface area contributed by atoms with Crippen LogP contribution in [0.3, 0.4) is 0 Å². The molecule has 1 unspecified atom stereocenters. The molecule has 0 bridgehead atoms. The topological polar surface area (TPSA) is 141 Å². The first-order valence-corrected chi connectivity index (χ1v) is 10.8. The summed E-state index contributed by atoms with van der Waals surface area (Å²) in [6.07, 6.45) is 1.59. The van der Waals surface area contributed by atoms with Crippen molar-refractivity contribution in [2.24, 2.45) is 5.73 Å². The molecule has 1 atom stereocenters. The van der Waals surface area contributed by atoms with E-state index in [9.17, 15) is 24.6 Å². The van der Waals surface area contributed by atoms with Crippen molar-refractivity contribution in [3.8, 4) is 11.5 Å². The summed E-state index contributed by atoms with van der Waals surface area (Å²) in [5, 5.41) is 19.2. The quantitative estimate of drug-likeness (QED) is 0.461. The SMILES string of the molecule is COC(=O)C1=C(N)n2c(s/c(=C/c3ccc(O)cc3)c2=O)=C(C(=O)OC)C1c1ccc(O)cc1. The summed E-state index contributed by atoms with van der Waals surface area (Å²) in [7, 11) is 2.37. The molecule has 174 valence electrons. The number of phenols is 2. The molecule has 4 N–H and O–H groups in total. The van der Waals surface area contributed by atoms with E-state index in [0.29, 0.717) is 11.1 Å². The zero-order valence-corrected chi connectivity index (χ0v) is 19.0. The van der Waals surface area contributed by atoms with E-state index in [1.807, 2.05) is 0 Å². The van der Waals surface area contributed by atoms with E-state index in [1.165, 1.54) is 38.5 Å². The van der Waals surface area contributed by atoms with Crippen LogP contribution in [0.4, 0.5) is 0 Å². The van der Waals surface area contributed by atoms with Crippen LogP contribution in [0.2, 0.25) is 0 Å². The van der Waals surface area contributed by atoms with E-state index in [-0.39, 0.29) is 37.7 Å². The highest BCUT2D eigenvalue weighted by molar-refractivity contribution is 7.07. The Morgan fingerprint density at radius 3 is 2.03 bits per heavy atom. The predicted molar refractivity (Wildman–Crippen MR) is 125 cm³/mol. The van der Waals surface area contributed by atoms with Crippen LogP contribution in [0.25, 0.3) is 17.5 Å². The van der Waals surface area contributed by atoms with E-state index < -0.39 is 23.4 Å². The number of methoxy groups -OCH3 is 2. The second-order valence-corrected chi connectivity index (χ2v) is 8.40. The van der Waals surface area contributed by atoms with Crippen molar-refractivity contribution in [2.75, 3.05) is 14.2 Å². The van der Waals surface area contributed by atoms with Gasteiger partial charge in [0.2, 0.25) is 0 Å². The smallest absolute Gasteiger partial charge is 0.338 e. The monoisotopic (exact) mass is 480 g/mol. The number of aromatic nitrogens is 1. The molecular weight excluding hydrogens is 460 g/mol. The molecule has 0 radical (unpaired) electrons. The molecule has 0 saturated heterocycles. The fourth-order valence-corrected chi connectivity index (χ4v) is 4.95. The summed E-state index contributed by atoms with van der Waals surface area (Å²) < 4.78 is 11.5. The van der Waals surface area contributed by atoms with E-state index in [0.717, 1.165) is 15.9 Å². The molecule has 0 aliphatic carbocycles. The van der Waals surface area contributed by atoms with Gasteiger partial charge in [0.1, 0.15) is 22.0 Å². The van der Waals surface area contributed by atoms with Crippen LogP contribution in [0.1, 0.15) is 17.0 Å². The maximum Gasteiger partial charge on any atom is 0.338 e. The zero-order chi connectivity index (χ0) is 24.6. The maximum absolute atomic E-state index is 13.3. The third kappa shape index (κ3) is 3.84. The molecule has 2 aromatic carbocycles. The molecule has 1 aromatic heterocycles. The Bertz CT molecular complexity index is 1500. The Morgan fingerprint density at radius 2 is 1.47 bits per heavy atom. The number of fused-ring (bicyclic) bond motifs is 1. The minimum Gasteiger partial charge on any atom is -0.508 e. The van der Waals surface area contributed by atoms with Crippen LogP contribution in [-0.2, 0) is 19.1 Å². The number of hydrogen-bond donors (Lipinski definition) is 3. The van der Waals surface area contributed by atoms with Crippen LogP contribution < -0.4 is 20.5 Å². The van der Waals surface area contributed by atoms with Crippen molar-refractivity contribution in [3.63, 3.8) is 0 Å². The number of nitrogens with two attached hydrogens (primary N) is 1. The number of benzene rings is 2. The lowest BCUT2D eigenvalue weighted by atomic mass is 9.83. The normalized spacial score (nSPS) is 15.8. The van der Waals surface area contributed by atoms with Crippen molar-refractivity contribution in [2.45, 2.75) is 5.92 Å². The second kappa shape index (κ2) is 8.91. The average Bonchev–Trinajstić information content (AvgIpc) is 3.15. The Balaban J connectivity index is 2.11. The molecule has 2 heterocycles. The molecule has 0 fully saturated rings. The minimum absolute atomic E-state index is 0.00503. The van der Waals surface area contributed by atoms with E-state index in [1.54, 1.807) is 30.3 Å². The molecule has 0 spiro atoms. The number of carbonyl (C=O) groups excluding carboxylic acids is 2. The summed E-state index contributed by atoms with van der Waals surface area (Å²) >= 11 is 1.02. The van der Waals surface area contributed by atoms with Crippen molar-refractivity contribution < 1.29 is 29.3 Å². The first kappa shape index (κ1) is 22.9. The number of hydrogen-bond acceptors (Lipinski definition) is 9. The van der Waals surface area contributed by atoms with Gasteiger partial charge in [-0.25, -0.2) is 9.59 Å². The lowest BCUT2D eigenvalue weighted by molar-refractivity contribution is -0.136. The van der Waals surface area contributed by atoms with Gasteiger partial charge in [-0.1, -0.05) is 24.3 Å². The molecule has 1 aliphatic rings. The second-order valence-electron chi connectivity index (χ2n) is 7.37. The molecule has 9 nitrogen and oxygen atoms in total. The standard InChI is InChI=1S/C24H20N2O7S/c1-32-23(30)18-17(13-5-9-15(28)10-6-13)19(24(31)33-2)22-26(20(18)25)21(29)16(34-22)11-12-3-7-14(27)8-4-12/h3-11,17,27-28H,25H2,1-2H3/b16-11+. The maximum atomic E-state index is 13.3. The third-order valence-electron chi connectivity index (χ3n) is 5.38. The fourth-order valence-electron chi connectivity index (χ4n) is 3.79. The van der Waals surface area contributed by atoms with Gasteiger partial charge in [0.25, 0.3) is 5.56 Å². The lowest BCUT2D eigenvalue weighted by Gasteiger charge is -2.26. The van der Waals surface area contributed by atoms with Crippen LogP contribution >= 0.6 is 11.3 Å². The van der Waals surface area contributed by atoms with Crippen LogP contribution in [-0.4, -0.2) is 40.9 Å². The highest BCUT2D eigenvalue weighted by Gasteiger charge is 2.39. The summed E-state index contributed by atoms with van der Waals surface area (Å²) in [6.45, 7) is 0. The zero-order valence-electron chi connectivity index (χ0n) is 18.1. The summed E-state index contributed by atoms with van der Waals surface area (Å²) in [5.41, 5.74) is 6.86. The molecular formula is C24H20N2O7S. The van der Waals surface area contributed by atoms with Gasteiger partial charge in [0.15, 0.2) is 0 Å². The molecule has 0 amide bonds. The average molecular weight is 480 g/mol. The van der Waals surface area contributed by atoms with Gasteiger partial charge in [-0.05, 0) is 41.5 Å². The largest absolute Gasteiger partial charge is 0.508 e. The predicted octanol–water partition coefficient (Wildman–Crippen LogP) is 0.571. The van der Waals surface area contributed by atoms with Gasteiger partial charge in [-0.15, -0.1) is 11.3 Å². The van der Waals surface area contributed by atoms with Crippen molar-refractivity contribution in [3.05, 3.63) is 84.8 Å². The van der Waals surface area contributed by atoms with Gasteiger partial charge in [-0.3, -0.25) is 9.36 Å². The van der Waals surface area contributed by atoms with Gasteiger partial charge >= 0.3 is 11.9 Å². The number of thiazole rings is 1. The molecule has 1 aliphatic heterocycles. The van der Waals surface area contributed by atoms with Crippen molar-refractivity contribution in [1.29, 1.82) is 0 Å². The lowest BCUT2D eigenvalue weighted by Crippen LogP contribution is -2.41. The Kier molecular flexibility index (Phi) is 5.99. The summed E-state index contributed by atoms with van der Waals surface area (Å²) in [4.78, 5) is 39.1. The van der Waals surface area contributed by atoms with Crippen molar-refractivity contribution in [1.82, 2.24) is 4.57 Å². The number of esters is 2. The number of rotatable bonds is 4.